The molecule has 1 N–H and O–H groups in total. The number of methoxy groups -OCH3 is 1. The lowest BCUT2D eigenvalue weighted by molar-refractivity contribution is 0.415. The Balaban J connectivity index is 2.25. The molecule has 1 aromatic heterocycles. The van der Waals surface area contributed by atoms with E-state index < -0.39 is 10.0 Å². The number of ether oxygens (including phenoxy) is 1. The molecule has 0 saturated heterocycles. The van der Waals surface area contributed by atoms with Crippen molar-refractivity contribution in [3.05, 3.63) is 41.3 Å². The number of sulfonamides is 1. The summed E-state index contributed by atoms with van der Waals surface area (Å²) in [6.45, 7) is 2.00. The lowest BCUT2D eigenvalue weighted by Gasteiger charge is -2.07. The van der Waals surface area contributed by atoms with Crippen molar-refractivity contribution in [3.8, 4) is 5.75 Å². The molecule has 1 aromatic carbocycles. The molecule has 0 aliphatic heterocycles. The molecule has 0 bridgehead atoms. The van der Waals surface area contributed by atoms with E-state index in [1.54, 1.807) is 37.4 Å². The molecule has 0 amide bonds. The Morgan fingerprint density at radius 1 is 1.26 bits per heavy atom. The van der Waals surface area contributed by atoms with Crippen molar-refractivity contribution >= 4 is 27.0 Å². The standard InChI is InChI=1S/C13H15NO3S2/c1-3-12-7-8-13(18-12)19(15,16)14-10-5-4-6-11(9-10)17-2/h4-9,14H,3H2,1-2H3. The number of hydrogen-bond acceptors (Lipinski definition) is 4. The zero-order valence-electron chi connectivity index (χ0n) is 10.7. The summed E-state index contributed by atoms with van der Waals surface area (Å²) < 4.78 is 32.3. The fourth-order valence-corrected chi connectivity index (χ4v) is 3.93. The highest BCUT2D eigenvalue weighted by molar-refractivity contribution is 7.94. The van der Waals surface area contributed by atoms with E-state index in [0.717, 1.165) is 11.3 Å². The molecule has 102 valence electrons. The lowest BCUT2D eigenvalue weighted by Crippen LogP contribution is -2.11. The molecule has 1 heterocycles. The molecule has 0 aliphatic carbocycles. The average molecular weight is 297 g/mol. The minimum absolute atomic E-state index is 0.326. The van der Waals surface area contributed by atoms with Crippen molar-refractivity contribution in [2.75, 3.05) is 11.8 Å². The molecule has 0 fully saturated rings. The van der Waals surface area contributed by atoms with Gasteiger partial charge >= 0.3 is 0 Å². The maximum atomic E-state index is 12.2. The molecule has 6 heteroatoms. The van der Waals surface area contributed by atoms with E-state index in [4.69, 9.17) is 4.74 Å². The van der Waals surface area contributed by atoms with E-state index in [2.05, 4.69) is 4.72 Å². The highest BCUT2D eigenvalue weighted by Crippen LogP contribution is 2.25. The number of aryl methyl sites for hydroxylation is 1. The number of anilines is 1. The van der Waals surface area contributed by atoms with Crippen molar-refractivity contribution in [1.82, 2.24) is 0 Å². The summed E-state index contributed by atoms with van der Waals surface area (Å²) in [5.41, 5.74) is 0.491. The Bertz CT molecular complexity index is 662. The van der Waals surface area contributed by atoms with Crippen LogP contribution in [0, 0.1) is 0 Å². The van der Waals surface area contributed by atoms with Crippen molar-refractivity contribution in [3.63, 3.8) is 0 Å². The van der Waals surface area contributed by atoms with Gasteiger partial charge in [0.05, 0.1) is 12.8 Å². The monoisotopic (exact) mass is 297 g/mol. The number of rotatable bonds is 5. The van der Waals surface area contributed by atoms with Gasteiger partial charge in [-0.25, -0.2) is 8.42 Å². The van der Waals surface area contributed by atoms with Crippen molar-refractivity contribution in [1.29, 1.82) is 0 Å². The first-order valence-electron chi connectivity index (χ1n) is 5.80. The maximum Gasteiger partial charge on any atom is 0.271 e. The molecule has 0 aliphatic rings. The molecular formula is C13H15NO3S2. The Labute approximate surface area is 117 Å². The lowest BCUT2D eigenvalue weighted by atomic mass is 10.3. The summed E-state index contributed by atoms with van der Waals surface area (Å²) in [6, 6.07) is 10.3. The van der Waals surface area contributed by atoms with E-state index in [1.165, 1.54) is 11.3 Å². The minimum Gasteiger partial charge on any atom is -0.497 e. The molecule has 0 atom stereocenters. The minimum atomic E-state index is -3.51. The average Bonchev–Trinajstić information content (AvgIpc) is 2.88. The van der Waals surface area contributed by atoms with Crippen molar-refractivity contribution < 1.29 is 13.2 Å². The van der Waals surface area contributed by atoms with Gasteiger partial charge in [0.25, 0.3) is 10.0 Å². The van der Waals surface area contributed by atoms with Crippen LogP contribution in [0.5, 0.6) is 5.75 Å². The molecule has 0 unspecified atom stereocenters. The maximum absolute atomic E-state index is 12.2. The summed E-state index contributed by atoms with van der Waals surface area (Å²) in [4.78, 5) is 1.05. The van der Waals surface area contributed by atoms with Crippen LogP contribution in [0.4, 0.5) is 5.69 Å². The summed E-state index contributed by atoms with van der Waals surface area (Å²) in [5.74, 6) is 0.612. The Morgan fingerprint density at radius 2 is 2.05 bits per heavy atom. The Hall–Kier alpha value is -1.53. The third-order valence-electron chi connectivity index (χ3n) is 2.57. The van der Waals surface area contributed by atoms with E-state index in [9.17, 15) is 8.42 Å². The van der Waals surface area contributed by atoms with Gasteiger partial charge in [0.15, 0.2) is 0 Å². The fraction of sp³-hybridized carbons (Fsp3) is 0.231. The summed E-state index contributed by atoms with van der Waals surface area (Å²) >= 11 is 1.29. The van der Waals surface area contributed by atoms with Gasteiger partial charge in [-0.2, -0.15) is 0 Å². The Morgan fingerprint density at radius 3 is 2.68 bits per heavy atom. The van der Waals surface area contributed by atoms with E-state index in [-0.39, 0.29) is 0 Å². The van der Waals surface area contributed by atoms with Crippen LogP contribution < -0.4 is 9.46 Å². The summed E-state index contributed by atoms with van der Waals surface area (Å²) in [5, 5.41) is 0. The van der Waals surface area contributed by atoms with Crippen LogP contribution in [0.2, 0.25) is 0 Å². The van der Waals surface area contributed by atoms with Gasteiger partial charge in [-0.05, 0) is 30.7 Å². The van der Waals surface area contributed by atoms with Crippen molar-refractivity contribution in [2.45, 2.75) is 17.6 Å². The first kappa shape index (κ1) is 13.9. The van der Waals surface area contributed by atoms with Crippen LogP contribution >= 0.6 is 11.3 Å². The van der Waals surface area contributed by atoms with Crippen LogP contribution in [0.1, 0.15) is 11.8 Å². The normalized spacial score (nSPS) is 11.3. The first-order valence-corrected chi connectivity index (χ1v) is 8.10. The van der Waals surface area contributed by atoms with Gasteiger partial charge in [0.2, 0.25) is 0 Å². The zero-order chi connectivity index (χ0) is 13.9. The second kappa shape index (κ2) is 5.63. The molecule has 0 saturated carbocycles. The molecule has 2 aromatic rings. The second-order valence-corrected chi connectivity index (χ2v) is 6.99. The van der Waals surface area contributed by atoms with Crippen LogP contribution in [-0.2, 0) is 16.4 Å². The molecular weight excluding hydrogens is 282 g/mol. The predicted molar refractivity (Wildman–Crippen MR) is 77.5 cm³/mol. The molecule has 2 rings (SSSR count). The van der Waals surface area contributed by atoms with Crippen LogP contribution in [0.15, 0.2) is 40.6 Å². The topological polar surface area (TPSA) is 55.4 Å². The van der Waals surface area contributed by atoms with E-state index >= 15 is 0 Å². The number of hydrogen-bond donors (Lipinski definition) is 1. The summed E-state index contributed by atoms with van der Waals surface area (Å²) in [6.07, 6.45) is 0.833. The highest BCUT2D eigenvalue weighted by Gasteiger charge is 2.16. The zero-order valence-corrected chi connectivity index (χ0v) is 12.3. The number of nitrogens with one attached hydrogen (secondary N) is 1. The van der Waals surface area contributed by atoms with Gasteiger partial charge in [-0.1, -0.05) is 13.0 Å². The third kappa shape index (κ3) is 3.27. The Kier molecular flexibility index (Phi) is 4.11. The number of benzene rings is 1. The largest absolute Gasteiger partial charge is 0.497 e. The second-order valence-electron chi connectivity index (χ2n) is 3.91. The van der Waals surface area contributed by atoms with E-state index in [0.29, 0.717) is 15.6 Å². The fourth-order valence-electron chi connectivity index (χ4n) is 1.58. The number of thiophene rings is 1. The van der Waals surface area contributed by atoms with Crippen LogP contribution in [0.25, 0.3) is 0 Å². The van der Waals surface area contributed by atoms with Crippen LogP contribution in [-0.4, -0.2) is 15.5 Å². The third-order valence-corrected chi connectivity index (χ3v) is 5.67. The van der Waals surface area contributed by atoms with Gasteiger partial charge < -0.3 is 4.74 Å². The van der Waals surface area contributed by atoms with Gasteiger partial charge in [-0.3, -0.25) is 4.72 Å². The van der Waals surface area contributed by atoms with Crippen molar-refractivity contribution in [2.24, 2.45) is 0 Å². The smallest absolute Gasteiger partial charge is 0.271 e. The quantitative estimate of drug-likeness (QED) is 0.922. The molecule has 0 spiro atoms. The molecule has 19 heavy (non-hydrogen) atoms. The van der Waals surface area contributed by atoms with Gasteiger partial charge in [0, 0.05) is 10.9 Å². The first-order chi connectivity index (χ1) is 9.05. The van der Waals surface area contributed by atoms with Gasteiger partial charge in [-0.15, -0.1) is 11.3 Å². The molecule has 0 radical (unpaired) electrons. The SMILES string of the molecule is CCc1ccc(S(=O)(=O)Nc2cccc(OC)c2)s1. The van der Waals surface area contributed by atoms with Crippen LogP contribution in [0.3, 0.4) is 0 Å². The summed E-state index contributed by atoms with van der Waals surface area (Å²) in [7, 11) is -1.97. The predicted octanol–water partition coefficient (Wildman–Crippen LogP) is 3.12. The van der Waals surface area contributed by atoms with E-state index in [1.807, 2.05) is 13.0 Å². The highest BCUT2D eigenvalue weighted by atomic mass is 32.2. The van der Waals surface area contributed by atoms with Gasteiger partial charge in [0.1, 0.15) is 9.96 Å². The molecule has 4 nitrogen and oxygen atoms in total.